The van der Waals surface area contributed by atoms with E-state index in [9.17, 15) is 14.4 Å². The summed E-state index contributed by atoms with van der Waals surface area (Å²) in [6.07, 6.45) is 4.75. The largest absolute Gasteiger partial charge is 0.462 e. The van der Waals surface area contributed by atoms with Crippen molar-refractivity contribution < 1.29 is 23.9 Å². The van der Waals surface area contributed by atoms with Gasteiger partial charge in [0, 0.05) is 11.3 Å². The first-order chi connectivity index (χ1) is 14.1. The van der Waals surface area contributed by atoms with Gasteiger partial charge >= 0.3 is 11.9 Å². The summed E-state index contributed by atoms with van der Waals surface area (Å²) in [4.78, 5) is 37.4. The maximum absolute atomic E-state index is 12.3. The lowest BCUT2D eigenvalue weighted by Crippen LogP contribution is -2.22. The quantitative estimate of drug-likeness (QED) is 0.635. The second kappa shape index (κ2) is 10.2. The summed E-state index contributed by atoms with van der Waals surface area (Å²) in [5, 5.41) is 3.08. The molecule has 1 saturated carbocycles. The third kappa shape index (κ3) is 5.90. The van der Waals surface area contributed by atoms with Crippen molar-refractivity contribution in [3.05, 3.63) is 42.0 Å². The van der Waals surface area contributed by atoms with Gasteiger partial charge in [0.1, 0.15) is 5.00 Å². The predicted octanol–water partition coefficient (Wildman–Crippen LogP) is 4.65. The monoisotopic (exact) mass is 415 g/mol. The Hall–Kier alpha value is -2.67. The molecule has 0 atom stereocenters. The summed E-state index contributed by atoms with van der Waals surface area (Å²) >= 11 is 1.28. The zero-order chi connectivity index (χ0) is 20.6. The molecule has 2 aromatic rings. The minimum Gasteiger partial charge on any atom is -0.462 e. The number of rotatable bonds is 8. The molecule has 0 bridgehead atoms. The third-order valence-corrected chi connectivity index (χ3v) is 5.93. The lowest BCUT2D eigenvalue weighted by atomic mass is 10.1. The number of carbonyl (C=O) groups excluding carboxylic acids is 3. The Kier molecular flexibility index (Phi) is 7.41. The van der Waals surface area contributed by atoms with Gasteiger partial charge in [-0.25, -0.2) is 4.79 Å². The molecule has 0 saturated heterocycles. The highest BCUT2D eigenvalue weighted by molar-refractivity contribution is 7.20. The first-order valence-electron chi connectivity index (χ1n) is 9.88. The van der Waals surface area contributed by atoms with Gasteiger partial charge in [0.05, 0.1) is 12.2 Å². The van der Waals surface area contributed by atoms with Gasteiger partial charge in [-0.15, -0.1) is 11.3 Å². The Morgan fingerprint density at radius 2 is 1.83 bits per heavy atom. The van der Waals surface area contributed by atoms with Crippen LogP contribution in [0, 0.1) is 5.92 Å². The van der Waals surface area contributed by atoms with Crippen molar-refractivity contribution in [2.45, 2.75) is 39.0 Å². The van der Waals surface area contributed by atoms with Gasteiger partial charge in [-0.2, -0.15) is 0 Å². The van der Waals surface area contributed by atoms with Gasteiger partial charge in [0.2, 0.25) is 0 Å². The summed E-state index contributed by atoms with van der Waals surface area (Å²) in [7, 11) is 0. The van der Waals surface area contributed by atoms with Crippen molar-refractivity contribution in [1.82, 2.24) is 0 Å². The minimum absolute atomic E-state index is 0.238. The molecule has 1 aromatic heterocycles. The standard InChI is InChI=1S/C22H25NO5S/c1-2-27-22(26)17-13-18(16-10-4-3-5-11-16)29-21(17)23-19(24)14-28-20(25)12-15-8-6-7-9-15/h3-5,10-11,13,15H,2,6-9,12,14H2,1H3,(H,23,24). The highest BCUT2D eigenvalue weighted by Crippen LogP contribution is 2.36. The number of amides is 1. The normalized spacial score (nSPS) is 13.8. The first kappa shape index (κ1) is 21.0. The van der Waals surface area contributed by atoms with Crippen molar-refractivity contribution in [1.29, 1.82) is 0 Å². The van der Waals surface area contributed by atoms with E-state index in [0.717, 1.165) is 36.1 Å². The smallest absolute Gasteiger partial charge is 0.341 e. The minimum atomic E-state index is -0.501. The Morgan fingerprint density at radius 3 is 2.52 bits per heavy atom. The lowest BCUT2D eigenvalue weighted by molar-refractivity contribution is -0.148. The van der Waals surface area contributed by atoms with Crippen LogP contribution in [0.3, 0.4) is 0 Å². The van der Waals surface area contributed by atoms with Crippen LogP contribution in [-0.4, -0.2) is 31.1 Å². The van der Waals surface area contributed by atoms with Crippen LogP contribution >= 0.6 is 11.3 Å². The fourth-order valence-electron chi connectivity index (χ4n) is 3.41. The molecule has 1 fully saturated rings. The molecular formula is C22H25NO5S. The van der Waals surface area contributed by atoms with Crippen molar-refractivity contribution in [2.24, 2.45) is 5.92 Å². The molecule has 6 nitrogen and oxygen atoms in total. The van der Waals surface area contributed by atoms with E-state index in [0.29, 0.717) is 22.9 Å². The van der Waals surface area contributed by atoms with Crippen LogP contribution in [0.5, 0.6) is 0 Å². The number of thiophene rings is 1. The fourth-order valence-corrected chi connectivity index (χ4v) is 4.47. The second-order valence-corrected chi connectivity index (χ2v) is 8.06. The molecule has 1 aliphatic rings. The van der Waals surface area contributed by atoms with E-state index in [1.165, 1.54) is 11.3 Å². The second-order valence-electron chi connectivity index (χ2n) is 7.00. The SMILES string of the molecule is CCOC(=O)c1cc(-c2ccccc2)sc1NC(=O)COC(=O)CC1CCCC1. The average Bonchev–Trinajstić information content (AvgIpc) is 3.37. The van der Waals surface area contributed by atoms with E-state index < -0.39 is 11.9 Å². The lowest BCUT2D eigenvalue weighted by Gasteiger charge is -2.09. The van der Waals surface area contributed by atoms with Crippen molar-refractivity contribution in [3.63, 3.8) is 0 Å². The molecule has 1 heterocycles. The molecule has 29 heavy (non-hydrogen) atoms. The number of anilines is 1. The van der Waals surface area contributed by atoms with Gasteiger partial charge < -0.3 is 14.8 Å². The molecule has 0 spiro atoms. The molecule has 3 rings (SSSR count). The van der Waals surface area contributed by atoms with Gasteiger partial charge in [-0.1, -0.05) is 43.2 Å². The number of ether oxygens (including phenoxy) is 2. The maximum Gasteiger partial charge on any atom is 0.341 e. The van der Waals surface area contributed by atoms with Crippen LogP contribution in [0.2, 0.25) is 0 Å². The molecule has 1 N–H and O–H groups in total. The van der Waals surface area contributed by atoms with Gasteiger partial charge in [0.15, 0.2) is 6.61 Å². The van der Waals surface area contributed by atoms with E-state index in [1.807, 2.05) is 30.3 Å². The van der Waals surface area contributed by atoms with E-state index in [4.69, 9.17) is 9.47 Å². The molecule has 0 radical (unpaired) electrons. The molecule has 154 valence electrons. The summed E-state index contributed by atoms with van der Waals surface area (Å²) in [6.45, 7) is 1.60. The van der Waals surface area contributed by atoms with Crippen molar-refractivity contribution in [3.8, 4) is 10.4 Å². The maximum atomic E-state index is 12.3. The van der Waals surface area contributed by atoms with Crippen LogP contribution in [0.25, 0.3) is 10.4 Å². The molecule has 0 unspecified atom stereocenters. The van der Waals surface area contributed by atoms with Crippen LogP contribution in [0.15, 0.2) is 36.4 Å². The van der Waals surface area contributed by atoms with Gasteiger partial charge in [-0.3, -0.25) is 9.59 Å². The summed E-state index contributed by atoms with van der Waals surface area (Å²) in [5.74, 6) is -0.961. The number of carbonyl (C=O) groups is 3. The van der Waals surface area contributed by atoms with Crippen molar-refractivity contribution in [2.75, 3.05) is 18.5 Å². The summed E-state index contributed by atoms with van der Waals surface area (Å²) in [6, 6.07) is 11.3. The fraction of sp³-hybridized carbons (Fsp3) is 0.409. The van der Waals surface area contributed by atoms with Gasteiger partial charge in [-0.05, 0) is 37.3 Å². The summed E-state index contributed by atoms with van der Waals surface area (Å²) < 4.78 is 10.2. The Bertz CT molecular complexity index is 855. The Labute approximate surface area is 174 Å². The Morgan fingerprint density at radius 1 is 1.10 bits per heavy atom. The van der Waals surface area contributed by atoms with E-state index in [2.05, 4.69) is 5.32 Å². The highest BCUT2D eigenvalue weighted by Gasteiger charge is 2.22. The Balaban J connectivity index is 1.64. The predicted molar refractivity (Wildman–Crippen MR) is 112 cm³/mol. The van der Waals surface area contributed by atoms with E-state index in [1.54, 1.807) is 13.0 Å². The molecule has 7 heteroatoms. The van der Waals surface area contributed by atoms with Crippen LogP contribution in [0.4, 0.5) is 5.00 Å². The van der Waals surface area contributed by atoms with E-state index >= 15 is 0 Å². The molecule has 1 aromatic carbocycles. The topological polar surface area (TPSA) is 81.7 Å². The van der Waals surface area contributed by atoms with Gasteiger partial charge in [0.25, 0.3) is 5.91 Å². The summed E-state index contributed by atoms with van der Waals surface area (Å²) in [5.41, 5.74) is 1.23. The van der Waals surface area contributed by atoms with E-state index in [-0.39, 0.29) is 19.2 Å². The number of benzene rings is 1. The molecule has 1 aliphatic carbocycles. The number of esters is 2. The first-order valence-corrected chi connectivity index (χ1v) is 10.7. The number of hydrogen-bond acceptors (Lipinski definition) is 6. The molecule has 1 amide bonds. The zero-order valence-corrected chi connectivity index (χ0v) is 17.3. The zero-order valence-electron chi connectivity index (χ0n) is 16.4. The average molecular weight is 416 g/mol. The number of nitrogens with one attached hydrogen (secondary N) is 1. The van der Waals surface area contributed by atoms with Crippen LogP contribution < -0.4 is 5.32 Å². The van der Waals surface area contributed by atoms with Crippen LogP contribution in [-0.2, 0) is 19.1 Å². The van der Waals surface area contributed by atoms with Crippen molar-refractivity contribution >= 4 is 34.2 Å². The number of hydrogen-bond donors (Lipinski definition) is 1. The highest BCUT2D eigenvalue weighted by atomic mass is 32.1. The third-order valence-electron chi connectivity index (χ3n) is 4.83. The molecule has 0 aliphatic heterocycles. The molecular weight excluding hydrogens is 390 g/mol. The van der Waals surface area contributed by atoms with Crippen LogP contribution in [0.1, 0.15) is 49.4 Å².